The van der Waals surface area contributed by atoms with Crippen molar-refractivity contribution >= 4 is 45.7 Å². The van der Waals surface area contributed by atoms with Crippen LogP contribution in [0.4, 0.5) is 10.7 Å². The molecule has 1 fully saturated rings. The predicted molar refractivity (Wildman–Crippen MR) is 106 cm³/mol. The topological polar surface area (TPSA) is 165 Å². The number of nitrogens with zero attached hydrogens (tertiary/aromatic N) is 4. The number of nitrogens with two attached hydrogens (primary N) is 1. The van der Waals surface area contributed by atoms with Crippen LogP contribution < -0.4 is 10.6 Å². The fourth-order valence-electron chi connectivity index (χ4n) is 3.00. The van der Waals surface area contributed by atoms with Gasteiger partial charge in [0.2, 0.25) is 5.95 Å². The first-order chi connectivity index (χ1) is 14.6. The van der Waals surface area contributed by atoms with Gasteiger partial charge in [-0.1, -0.05) is 11.3 Å². The number of esters is 2. The summed E-state index contributed by atoms with van der Waals surface area (Å²) in [4.78, 5) is 56.7. The van der Waals surface area contributed by atoms with Gasteiger partial charge in [-0.25, -0.2) is 9.78 Å². The molecule has 168 valence electrons. The lowest BCUT2D eigenvalue weighted by Crippen LogP contribution is -2.43. The standard InChI is InChI=1S/C17H21N5O8S/c1-7(23)27-6-9-11(30-16(25)21(3)4)12(28-8(2)24)14(29-9)22-13-10(31-17(22)26)5-19-15(18)20-13/h5,9,11-12,14H,6H2,1-4H3,(H2,18,19,20)/t9-,11+,12-,14-/m1/s1. The molecule has 0 aliphatic carbocycles. The number of carbonyl (C=O) groups excluding carboxylic acids is 3. The van der Waals surface area contributed by atoms with Crippen LogP contribution in [0.1, 0.15) is 20.1 Å². The van der Waals surface area contributed by atoms with Crippen LogP contribution in [0, 0.1) is 0 Å². The fraction of sp³-hybridized carbons (Fsp3) is 0.529. The maximum Gasteiger partial charge on any atom is 0.409 e. The van der Waals surface area contributed by atoms with Crippen LogP contribution in [0.25, 0.3) is 10.3 Å². The quantitative estimate of drug-likeness (QED) is 0.472. The second-order valence-corrected chi connectivity index (χ2v) is 7.83. The third-order valence-electron chi connectivity index (χ3n) is 4.27. The monoisotopic (exact) mass is 455 g/mol. The van der Waals surface area contributed by atoms with Crippen molar-refractivity contribution in [2.24, 2.45) is 0 Å². The Morgan fingerprint density at radius 2 is 1.94 bits per heavy atom. The summed E-state index contributed by atoms with van der Waals surface area (Å²) in [5.41, 5.74) is 5.82. The van der Waals surface area contributed by atoms with Crippen molar-refractivity contribution in [2.45, 2.75) is 38.4 Å². The fourth-order valence-corrected chi connectivity index (χ4v) is 3.82. The number of fused-ring (bicyclic) bond motifs is 1. The predicted octanol–water partition coefficient (Wildman–Crippen LogP) is -0.106. The third kappa shape index (κ3) is 4.74. The van der Waals surface area contributed by atoms with Gasteiger partial charge in [-0.15, -0.1) is 0 Å². The number of rotatable bonds is 5. The van der Waals surface area contributed by atoms with Gasteiger partial charge in [0, 0.05) is 27.9 Å². The molecule has 1 aliphatic heterocycles. The van der Waals surface area contributed by atoms with Crippen molar-refractivity contribution in [1.82, 2.24) is 19.4 Å². The Morgan fingerprint density at radius 1 is 1.23 bits per heavy atom. The zero-order chi connectivity index (χ0) is 22.9. The molecule has 0 aromatic carbocycles. The van der Waals surface area contributed by atoms with E-state index < -0.39 is 47.4 Å². The summed E-state index contributed by atoms with van der Waals surface area (Å²) < 4.78 is 23.3. The van der Waals surface area contributed by atoms with Gasteiger partial charge in [0.1, 0.15) is 12.7 Å². The van der Waals surface area contributed by atoms with Crippen molar-refractivity contribution in [1.29, 1.82) is 0 Å². The molecule has 14 heteroatoms. The Labute approximate surface area is 179 Å². The molecule has 3 rings (SSSR count). The van der Waals surface area contributed by atoms with Gasteiger partial charge in [0.15, 0.2) is 24.1 Å². The Hall–Kier alpha value is -3.26. The molecule has 1 saturated heterocycles. The molecule has 0 radical (unpaired) electrons. The number of carbonyl (C=O) groups is 3. The van der Waals surface area contributed by atoms with E-state index in [1.807, 2.05) is 0 Å². The van der Waals surface area contributed by atoms with Gasteiger partial charge in [-0.05, 0) is 0 Å². The minimum absolute atomic E-state index is 0.0758. The summed E-state index contributed by atoms with van der Waals surface area (Å²) in [5.74, 6) is -1.36. The molecule has 2 aromatic rings. The van der Waals surface area contributed by atoms with E-state index in [0.29, 0.717) is 4.70 Å². The Bertz CT molecular complexity index is 1070. The van der Waals surface area contributed by atoms with E-state index in [2.05, 4.69) is 9.97 Å². The molecule has 0 unspecified atom stereocenters. The van der Waals surface area contributed by atoms with Crippen LogP contribution in [0.15, 0.2) is 11.0 Å². The van der Waals surface area contributed by atoms with Crippen LogP contribution in [0.3, 0.4) is 0 Å². The van der Waals surface area contributed by atoms with Gasteiger partial charge in [0.25, 0.3) is 0 Å². The molecule has 13 nitrogen and oxygen atoms in total. The van der Waals surface area contributed by atoms with Gasteiger partial charge < -0.3 is 29.6 Å². The maximum atomic E-state index is 12.7. The summed E-state index contributed by atoms with van der Waals surface area (Å²) in [6, 6.07) is 0. The van der Waals surface area contributed by atoms with Crippen LogP contribution in [-0.2, 0) is 28.5 Å². The lowest BCUT2D eigenvalue weighted by Gasteiger charge is -2.25. The first-order valence-electron chi connectivity index (χ1n) is 9.06. The highest BCUT2D eigenvalue weighted by molar-refractivity contribution is 7.16. The summed E-state index contributed by atoms with van der Waals surface area (Å²) in [7, 11) is 2.93. The molecule has 2 aromatic heterocycles. The average Bonchev–Trinajstić information content (AvgIpc) is 3.16. The van der Waals surface area contributed by atoms with Crippen molar-refractivity contribution < 1.29 is 33.3 Å². The number of thiazole rings is 1. The van der Waals surface area contributed by atoms with E-state index in [9.17, 15) is 19.2 Å². The largest absolute Gasteiger partial charge is 0.463 e. The summed E-state index contributed by atoms with van der Waals surface area (Å²) in [5, 5.41) is 0. The number of ether oxygens (including phenoxy) is 4. The average molecular weight is 455 g/mol. The van der Waals surface area contributed by atoms with Crippen LogP contribution >= 0.6 is 11.3 Å². The van der Waals surface area contributed by atoms with Crippen molar-refractivity contribution in [3.8, 4) is 0 Å². The number of aromatic nitrogens is 3. The molecule has 1 amide bonds. The minimum atomic E-state index is -1.23. The molecule has 0 saturated carbocycles. The first-order valence-corrected chi connectivity index (χ1v) is 9.87. The normalized spacial score (nSPS) is 22.8. The first kappa shape index (κ1) is 22.4. The smallest absolute Gasteiger partial charge is 0.409 e. The number of hydrogen-bond donors (Lipinski definition) is 1. The third-order valence-corrected chi connectivity index (χ3v) is 5.15. The van der Waals surface area contributed by atoms with Gasteiger partial charge >= 0.3 is 22.9 Å². The number of hydrogen-bond acceptors (Lipinski definition) is 12. The Morgan fingerprint density at radius 3 is 2.55 bits per heavy atom. The summed E-state index contributed by atoms with van der Waals surface area (Å²) in [6.45, 7) is 2.06. The summed E-state index contributed by atoms with van der Waals surface area (Å²) in [6.07, 6.45) is -4.01. The van der Waals surface area contributed by atoms with Crippen molar-refractivity contribution in [2.75, 3.05) is 26.4 Å². The molecule has 0 bridgehead atoms. The zero-order valence-corrected chi connectivity index (χ0v) is 18.0. The SMILES string of the molecule is CC(=O)OC[C@H]1O[C@@H](n2c(=O)sc3cnc(N)nc32)[C@H](OC(C)=O)[C@H]1OC(=O)N(C)C. The molecule has 1 aliphatic rings. The number of amides is 1. The van der Waals surface area contributed by atoms with Gasteiger partial charge in [-0.3, -0.25) is 19.0 Å². The number of nitrogen functional groups attached to an aromatic ring is 1. The lowest BCUT2D eigenvalue weighted by molar-refractivity contribution is -0.156. The Balaban J connectivity index is 2.07. The molecule has 2 N–H and O–H groups in total. The molecular formula is C17H21N5O8S. The Kier molecular flexibility index (Phi) is 6.40. The lowest BCUT2D eigenvalue weighted by atomic mass is 10.1. The minimum Gasteiger partial charge on any atom is -0.463 e. The van der Waals surface area contributed by atoms with E-state index in [-0.39, 0.29) is 18.2 Å². The highest BCUT2D eigenvalue weighted by Gasteiger charge is 2.52. The summed E-state index contributed by atoms with van der Waals surface area (Å²) >= 11 is 0.840. The zero-order valence-electron chi connectivity index (χ0n) is 17.1. The van der Waals surface area contributed by atoms with Crippen LogP contribution in [-0.4, -0.2) is 76.5 Å². The van der Waals surface area contributed by atoms with E-state index in [4.69, 9.17) is 24.7 Å². The molecule has 3 heterocycles. The van der Waals surface area contributed by atoms with Crippen LogP contribution in [0.5, 0.6) is 0 Å². The van der Waals surface area contributed by atoms with Gasteiger partial charge in [-0.2, -0.15) is 4.98 Å². The van der Waals surface area contributed by atoms with E-state index in [1.54, 1.807) is 0 Å². The van der Waals surface area contributed by atoms with E-state index >= 15 is 0 Å². The van der Waals surface area contributed by atoms with Crippen LogP contribution in [0.2, 0.25) is 0 Å². The van der Waals surface area contributed by atoms with Crippen molar-refractivity contribution in [3.63, 3.8) is 0 Å². The molecule has 4 atom stereocenters. The maximum absolute atomic E-state index is 12.7. The van der Waals surface area contributed by atoms with E-state index in [1.165, 1.54) is 32.1 Å². The van der Waals surface area contributed by atoms with E-state index in [0.717, 1.165) is 22.8 Å². The molecular weight excluding hydrogens is 434 g/mol. The van der Waals surface area contributed by atoms with Gasteiger partial charge in [0.05, 0.1) is 10.9 Å². The second-order valence-electron chi connectivity index (χ2n) is 6.84. The molecule has 0 spiro atoms. The highest BCUT2D eigenvalue weighted by atomic mass is 32.1. The molecule has 31 heavy (non-hydrogen) atoms. The second kappa shape index (κ2) is 8.85. The van der Waals surface area contributed by atoms with Crippen molar-refractivity contribution in [3.05, 3.63) is 15.9 Å². The highest BCUT2D eigenvalue weighted by Crippen LogP contribution is 2.36. The number of anilines is 1.